The maximum absolute atomic E-state index is 9.76. The molecule has 3 N–H and O–H groups in total. The Morgan fingerprint density at radius 1 is 1.56 bits per heavy atom. The average molecular weight is 242 g/mol. The van der Waals surface area contributed by atoms with Crippen LogP contribution in [0.15, 0.2) is 6.07 Å². The van der Waals surface area contributed by atoms with Crippen molar-refractivity contribution in [2.75, 3.05) is 13.7 Å². The van der Waals surface area contributed by atoms with Crippen molar-refractivity contribution in [2.24, 2.45) is 5.73 Å². The summed E-state index contributed by atoms with van der Waals surface area (Å²) in [5.41, 5.74) is 7.60. The zero-order valence-corrected chi connectivity index (χ0v) is 10.3. The lowest BCUT2D eigenvalue weighted by molar-refractivity contribution is 0.397. The SMILES string of the molecule is COc1c(C2(CN)CC2)cc(C)c(O)c1Cl. The molecule has 0 heterocycles. The van der Waals surface area contributed by atoms with Crippen LogP contribution in [0.5, 0.6) is 11.5 Å². The summed E-state index contributed by atoms with van der Waals surface area (Å²) >= 11 is 6.08. The molecule has 4 heteroatoms. The van der Waals surface area contributed by atoms with Crippen LogP contribution in [0.2, 0.25) is 5.02 Å². The van der Waals surface area contributed by atoms with E-state index in [1.54, 1.807) is 7.11 Å². The molecule has 1 aliphatic rings. The Bertz CT molecular complexity index is 428. The summed E-state index contributed by atoms with van der Waals surface area (Å²) in [6.45, 7) is 2.42. The number of rotatable bonds is 3. The fraction of sp³-hybridized carbons (Fsp3) is 0.500. The van der Waals surface area contributed by atoms with E-state index in [-0.39, 0.29) is 16.2 Å². The molecule has 1 aromatic rings. The summed E-state index contributed by atoms with van der Waals surface area (Å²) in [5.74, 6) is 0.655. The van der Waals surface area contributed by atoms with Crippen molar-refractivity contribution in [3.63, 3.8) is 0 Å². The number of hydrogen-bond acceptors (Lipinski definition) is 3. The number of aromatic hydroxyl groups is 1. The minimum Gasteiger partial charge on any atom is -0.506 e. The van der Waals surface area contributed by atoms with Crippen LogP contribution in [-0.2, 0) is 5.41 Å². The van der Waals surface area contributed by atoms with Crippen molar-refractivity contribution in [3.05, 3.63) is 22.2 Å². The summed E-state index contributed by atoms with van der Waals surface area (Å²) in [5, 5.41) is 10.0. The fourth-order valence-electron chi connectivity index (χ4n) is 2.08. The molecule has 1 fully saturated rings. The van der Waals surface area contributed by atoms with Gasteiger partial charge in [-0.25, -0.2) is 0 Å². The van der Waals surface area contributed by atoms with Crippen LogP contribution in [0.4, 0.5) is 0 Å². The Morgan fingerprint density at radius 2 is 2.19 bits per heavy atom. The first kappa shape index (κ1) is 11.6. The van der Waals surface area contributed by atoms with Crippen molar-refractivity contribution >= 4 is 11.6 Å². The van der Waals surface area contributed by atoms with Gasteiger partial charge in [-0.15, -0.1) is 0 Å². The average Bonchev–Trinajstić information content (AvgIpc) is 3.06. The largest absolute Gasteiger partial charge is 0.506 e. The molecule has 0 bridgehead atoms. The molecular formula is C12H16ClNO2. The molecular weight excluding hydrogens is 226 g/mol. The third-order valence-corrected chi connectivity index (χ3v) is 3.76. The Morgan fingerprint density at radius 3 is 2.62 bits per heavy atom. The molecule has 1 saturated carbocycles. The van der Waals surface area contributed by atoms with Gasteiger partial charge in [-0.2, -0.15) is 0 Å². The standard InChI is InChI=1S/C12H16ClNO2/c1-7-5-8(12(6-14)3-4-12)11(16-2)9(13)10(7)15/h5,15H,3-4,6,14H2,1-2H3. The first-order valence-electron chi connectivity index (χ1n) is 5.32. The highest BCUT2D eigenvalue weighted by Crippen LogP contribution is 2.54. The molecule has 1 aliphatic carbocycles. The van der Waals surface area contributed by atoms with Gasteiger partial charge in [0.15, 0.2) is 0 Å². The van der Waals surface area contributed by atoms with Crippen LogP contribution in [0.25, 0.3) is 0 Å². The molecule has 0 radical (unpaired) electrons. The third kappa shape index (κ3) is 1.55. The molecule has 0 unspecified atom stereocenters. The predicted molar refractivity (Wildman–Crippen MR) is 64.4 cm³/mol. The smallest absolute Gasteiger partial charge is 0.145 e. The summed E-state index contributed by atoms with van der Waals surface area (Å²) in [6.07, 6.45) is 2.11. The van der Waals surface area contributed by atoms with E-state index in [4.69, 9.17) is 22.1 Å². The van der Waals surface area contributed by atoms with E-state index in [1.165, 1.54) is 0 Å². The van der Waals surface area contributed by atoms with E-state index < -0.39 is 0 Å². The predicted octanol–water partition coefficient (Wildman–Crippen LogP) is 2.35. The monoisotopic (exact) mass is 241 g/mol. The minimum atomic E-state index is 0.00738. The highest BCUT2D eigenvalue weighted by molar-refractivity contribution is 6.33. The van der Waals surface area contributed by atoms with E-state index in [0.29, 0.717) is 12.3 Å². The molecule has 0 amide bonds. The maximum atomic E-state index is 9.76. The van der Waals surface area contributed by atoms with Crippen LogP contribution >= 0.6 is 11.6 Å². The second-order valence-electron chi connectivity index (χ2n) is 4.42. The van der Waals surface area contributed by atoms with Crippen LogP contribution in [0.1, 0.15) is 24.0 Å². The number of phenols is 1. The minimum absolute atomic E-state index is 0.00738. The van der Waals surface area contributed by atoms with Gasteiger partial charge in [0.05, 0.1) is 7.11 Å². The number of methoxy groups -OCH3 is 1. The highest BCUT2D eigenvalue weighted by Gasteiger charge is 2.45. The van der Waals surface area contributed by atoms with Gasteiger partial charge in [0, 0.05) is 17.5 Å². The molecule has 0 aromatic heterocycles. The number of ether oxygens (including phenoxy) is 1. The lowest BCUT2D eigenvalue weighted by atomic mass is 9.93. The van der Waals surface area contributed by atoms with Crippen molar-refractivity contribution in [1.82, 2.24) is 0 Å². The van der Waals surface area contributed by atoms with E-state index in [9.17, 15) is 5.11 Å². The fourth-order valence-corrected chi connectivity index (χ4v) is 2.41. The molecule has 0 atom stereocenters. The van der Waals surface area contributed by atoms with Gasteiger partial charge in [0.2, 0.25) is 0 Å². The molecule has 1 aromatic carbocycles. The van der Waals surface area contributed by atoms with Crippen LogP contribution in [-0.4, -0.2) is 18.8 Å². The molecule has 0 saturated heterocycles. The normalized spacial score (nSPS) is 17.2. The van der Waals surface area contributed by atoms with Crippen molar-refractivity contribution in [3.8, 4) is 11.5 Å². The van der Waals surface area contributed by atoms with E-state index in [2.05, 4.69) is 0 Å². The first-order chi connectivity index (χ1) is 7.55. The zero-order valence-electron chi connectivity index (χ0n) is 9.51. The first-order valence-corrected chi connectivity index (χ1v) is 5.70. The molecule has 2 rings (SSSR count). The van der Waals surface area contributed by atoms with Gasteiger partial charge in [0.1, 0.15) is 16.5 Å². The Hall–Kier alpha value is -0.930. The summed E-state index contributed by atoms with van der Waals surface area (Å²) in [6, 6.07) is 1.93. The van der Waals surface area contributed by atoms with Gasteiger partial charge in [-0.05, 0) is 31.4 Å². The Labute approximate surface area is 100 Å². The number of benzene rings is 1. The second-order valence-corrected chi connectivity index (χ2v) is 4.80. The number of nitrogens with two attached hydrogens (primary N) is 1. The molecule has 0 aliphatic heterocycles. The lowest BCUT2D eigenvalue weighted by Crippen LogP contribution is -2.20. The second kappa shape index (κ2) is 3.82. The molecule has 3 nitrogen and oxygen atoms in total. The van der Waals surface area contributed by atoms with Crippen LogP contribution in [0.3, 0.4) is 0 Å². The van der Waals surface area contributed by atoms with E-state index in [1.807, 2.05) is 13.0 Å². The number of phenolic OH excluding ortho intramolecular Hbond substituents is 1. The van der Waals surface area contributed by atoms with E-state index in [0.717, 1.165) is 24.0 Å². The number of hydrogen-bond donors (Lipinski definition) is 2. The molecule has 0 spiro atoms. The van der Waals surface area contributed by atoms with Crippen molar-refractivity contribution in [2.45, 2.75) is 25.2 Å². The van der Waals surface area contributed by atoms with Gasteiger partial charge in [0.25, 0.3) is 0 Å². The van der Waals surface area contributed by atoms with Crippen LogP contribution in [0, 0.1) is 6.92 Å². The Balaban J connectivity index is 2.61. The van der Waals surface area contributed by atoms with Crippen LogP contribution < -0.4 is 10.5 Å². The lowest BCUT2D eigenvalue weighted by Gasteiger charge is -2.19. The third-order valence-electron chi connectivity index (χ3n) is 3.41. The summed E-state index contributed by atoms with van der Waals surface area (Å²) in [7, 11) is 1.56. The zero-order chi connectivity index (χ0) is 11.9. The van der Waals surface area contributed by atoms with E-state index >= 15 is 0 Å². The summed E-state index contributed by atoms with van der Waals surface area (Å²) in [4.78, 5) is 0. The topological polar surface area (TPSA) is 55.5 Å². The number of aryl methyl sites for hydroxylation is 1. The quantitative estimate of drug-likeness (QED) is 0.854. The van der Waals surface area contributed by atoms with Gasteiger partial charge < -0.3 is 15.6 Å². The van der Waals surface area contributed by atoms with Gasteiger partial charge >= 0.3 is 0 Å². The maximum Gasteiger partial charge on any atom is 0.145 e. The molecule has 88 valence electrons. The highest BCUT2D eigenvalue weighted by atomic mass is 35.5. The Kier molecular flexibility index (Phi) is 2.76. The van der Waals surface area contributed by atoms with Gasteiger partial charge in [-0.1, -0.05) is 11.6 Å². The van der Waals surface area contributed by atoms with Crippen molar-refractivity contribution in [1.29, 1.82) is 0 Å². The van der Waals surface area contributed by atoms with Gasteiger partial charge in [-0.3, -0.25) is 0 Å². The molecule has 16 heavy (non-hydrogen) atoms. The summed E-state index contributed by atoms with van der Waals surface area (Å²) < 4.78 is 5.29. The van der Waals surface area contributed by atoms with Crippen molar-refractivity contribution < 1.29 is 9.84 Å². The number of halogens is 1.